The molecule has 16 heteroatoms. The van der Waals surface area contributed by atoms with Gasteiger partial charge in [-0.25, -0.2) is 0 Å². The molecule has 0 radical (unpaired) electrons. The molecule has 0 aromatic rings. The van der Waals surface area contributed by atoms with E-state index in [2.05, 4.69) is 0 Å². The number of hydrogen-bond donors (Lipinski definition) is 11. The Kier molecular flexibility index (Phi) is 8.85. The summed E-state index contributed by atoms with van der Waals surface area (Å²) in [5, 5.41) is 109. The van der Waals surface area contributed by atoms with Crippen LogP contribution in [-0.2, 0) is 23.7 Å². The minimum Gasteiger partial charge on any atom is -0.394 e. The van der Waals surface area contributed by atoms with Gasteiger partial charge in [-0.3, -0.25) is 0 Å². The summed E-state index contributed by atoms with van der Waals surface area (Å²) in [7, 11) is 0. The van der Waals surface area contributed by atoms with Crippen LogP contribution in [0.2, 0.25) is 0 Å². The van der Waals surface area contributed by atoms with Crippen LogP contribution in [0.1, 0.15) is 0 Å². The Morgan fingerprint density at radius 3 is 1.56 bits per heavy atom. The standard InChI is InChI=1S/C18H32O16/c19-1-6-10(24)14(28)17(4-21,32-6)30-3-8-9(23)12(26)13(27)16(31-8)34-18(5-22)15(29)11(25)7(2-20)33-18/h6-16,19-29H,1-5H2. The molecule has 0 aliphatic carbocycles. The first-order valence-electron chi connectivity index (χ1n) is 10.5. The van der Waals surface area contributed by atoms with Crippen LogP contribution in [0.4, 0.5) is 0 Å². The number of hydrogen-bond acceptors (Lipinski definition) is 16. The summed E-state index contributed by atoms with van der Waals surface area (Å²) in [4.78, 5) is 0. The smallest absolute Gasteiger partial charge is 0.224 e. The van der Waals surface area contributed by atoms with Crippen molar-refractivity contribution in [1.82, 2.24) is 0 Å². The van der Waals surface area contributed by atoms with Crippen molar-refractivity contribution in [3.8, 4) is 0 Å². The first-order valence-corrected chi connectivity index (χ1v) is 10.5. The Bertz CT molecular complexity index is 668. The maximum absolute atomic E-state index is 10.3. The summed E-state index contributed by atoms with van der Waals surface area (Å²) in [6.07, 6.45) is -18.7. The molecular formula is C18H32O16. The van der Waals surface area contributed by atoms with E-state index in [1.807, 2.05) is 0 Å². The molecule has 0 saturated carbocycles. The van der Waals surface area contributed by atoms with Gasteiger partial charge in [-0.1, -0.05) is 0 Å². The molecule has 3 fully saturated rings. The van der Waals surface area contributed by atoms with E-state index < -0.39 is 112 Å². The molecule has 0 aromatic carbocycles. The predicted molar refractivity (Wildman–Crippen MR) is 101 cm³/mol. The van der Waals surface area contributed by atoms with Crippen molar-refractivity contribution in [2.24, 2.45) is 0 Å². The molecule has 200 valence electrons. The predicted octanol–water partition coefficient (Wildman–Crippen LogP) is -7.57. The van der Waals surface area contributed by atoms with Crippen LogP contribution in [0.5, 0.6) is 0 Å². The highest BCUT2D eigenvalue weighted by Gasteiger charge is 2.59. The maximum atomic E-state index is 10.3. The first kappa shape index (κ1) is 27.9. The van der Waals surface area contributed by atoms with Gasteiger partial charge in [0.15, 0.2) is 6.29 Å². The van der Waals surface area contributed by atoms with Crippen molar-refractivity contribution in [1.29, 1.82) is 0 Å². The maximum Gasteiger partial charge on any atom is 0.224 e. The van der Waals surface area contributed by atoms with E-state index >= 15 is 0 Å². The van der Waals surface area contributed by atoms with Crippen LogP contribution in [0.3, 0.4) is 0 Å². The van der Waals surface area contributed by atoms with Crippen molar-refractivity contribution in [3.63, 3.8) is 0 Å². The highest BCUT2D eigenvalue weighted by molar-refractivity contribution is 4.99. The number of ether oxygens (including phenoxy) is 5. The zero-order chi connectivity index (χ0) is 25.4. The first-order chi connectivity index (χ1) is 16.0. The van der Waals surface area contributed by atoms with Crippen LogP contribution in [0.25, 0.3) is 0 Å². The monoisotopic (exact) mass is 504 g/mol. The molecule has 0 amide bonds. The van der Waals surface area contributed by atoms with Gasteiger partial charge in [0.2, 0.25) is 11.6 Å². The van der Waals surface area contributed by atoms with Crippen LogP contribution >= 0.6 is 0 Å². The van der Waals surface area contributed by atoms with Crippen LogP contribution in [-0.4, -0.2) is 168 Å². The topological polar surface area (TPSA) is 269 Å². The lowest BCUT2D eigenvalue weighted by Gasteiger charge is -2.44. The number of rotatable bonds is 9. The van der Waals surface area contributed by atoms with E-state index in [9.17, 15) is 56.2 Å². The van der Waals surface area contributed by atoms with E-state index in [0.717, 1.165) is 0 Å². The van der Waals surface area contributed by atoms with Crippen LogP contribution < -0.4 is 0 Å². The number of aliphatic hydroxyl groups excluding tert-OH is 11. The third kappa shape index (κ3) is 4.71. The van der Waals surface area contributed by atoms with Crippen molar-refractivity contribution in [2.75, 3.05) is 33.0 Å². The molecule has 3 aliphatic rings. The van der Waals surface area contributed by atoms with Crippen molar-refractivity contribution >= 4 is 0 Å². The highest BCUT2D eigenvalue weighted by atomic mass is 16.8. The normalized spacial score (nSPS) is 51.8. The summed E-state index contributed by atoms with van der Waals surface area (Å²) in [5.41, 5.74) is 0. The lowest BCUT2D eigenvalue weighted by atomic mass is 9.98. The van der Waals surface area contributed by atoms with E-state index in [-0.39, 0.29) is 0 Å². The highest BCUT2D eigenvalue weighted by Crippen LogP contribution is 2.37. The van der Waals surface area contributed by atoms with E-state index in [1.54, 1.807) is 0 Å². The van der Waals surface area contributed by atoms with Crippen molar-refractivity contribution < 1.29 is 79.9 Å². The third-order valence-corrected chi connectivity index (χ3v) is 6.29. The molecule has 16 nitrogen and oxygen atoms in total. The Balaban J connectivity index is 1.74. The molecular weight excluding hydrogens is 472 g/mol. The van der Waals surface area contributed by atoms with Gasteiger partial charge in [0.25, 0.3) is 0 Å². The Labute approximate surface area is 192 Å². The van der Waals surface area contributed by atoms with Gasteiger partial charge in [0.05, 0.1) is 19.8 Å². The molecule has 3 heterocycles. The molecule has 34 heavy (non-hydrogen) atoms. The molecule has 13 atom stereocenters. The van der Waals surface area contributed by atoms with Gasteiger partial charge < -0.3 is 79.9 Å². The largest absolute Gasteiger partial charge is 0.394 e. The fourth-order valence-electron chi connectivity index (χ4n) is 4.14. The summed E-state index contributed by atoms with van der Waals surface area (Å²) in [5.74, 6) is -4.59. The minimum absolute atomic E-state index is 0.709. The number of aliphatic hydroxyl groups is 11. The fraction of sp³-hybridized carbons (Fsp3) is 1.00. The minimum atomic E-state index is -2.37. The van der Waals surface area contributed by atoms with Gasteiger partial charge in [-0.05, 0) is 0 Å². The summed E-state index contributed by atoms with van der Waals surface area (Å²) >= 11 is 0. The van der Waals surface area contributed by atoms with Crippen LogP contribution in [0, 0.1) is 0 Å². The fourth-order valence-corrected chi connectivity index (χ4v) is 4.14. The third-order valence-electron chi connectivity index (χ3n) is 6.29. The quantitative estimate of drug-likeness (QED) is 0.139. The van der Waals surface area contributed by atoms with E-state index in [1.165, 1.54) is 0 Å². The van der Waals surface area contributed by atoms with Gasteiger partial charge >= 0.3 is 0 Å². The Hall–Kier alpha value is -0.640. The lowest BCUT2D eigenvalue weighted by molar-refractivity contribution is -0.389. The molecule has 13 unspecified atom stereocenters. The summed E-state index contributed by atoms with van der Waals surface area (Å²) in [6.45, 7) is -4.23. The second kappa shape index (κ2) is 10.8. The van der Waals surface area contributed by atoms with Gasteiger partial charge in [0, 0.05) is 0 Å². The molecule has 3 saturated heterocycles. The molecule has 0 spiro atoms. The SMILES string of the molecule is OCC1OC(CO)(OCC2OC(OC3(CO)OC(CO)C(O)C3O)C(O)C(O)C2O)C(O)C1O. The van der Waals surface area contributed by atoms with E-state index in [4.69, 9.17) is 23.7 Å². The van der Waals surface area contributed by atoms with Gasteiger partial charge in [-0.2, -0.15) is 0 Å². The summed E-state index contributed by atoms with van der Waals surface area (Å²) in [6, 6.07) is 0. The van der Waals surface area contributed by atoms with E-state index in [0.29, 0.717) is 0 Å². The van der Waals surface area contributed by atoms with Crippen molar-refractivity contribution in [2.45, 2.75) is 78.9 Å². The second-order valence-electron chi connectivity index (χ2n) is 8.43. The Morgan fingerprint density at radius 1 is 0.588 bits per heavy atom. The van der Waals surface area contributed by atoms with Gasteiger partial charge in [-0.15, -0.1) is 0 Å². The zero-order valence-electron chi connectivity index (χ0n) is 17.8. The van der Waals surface area contributed by atoms with Crippen LogP contribution in [0.15, 0.2) is 0 Å². The lowest BCUT2D eigenvalue weighted by Crippen LogP contribution is -2.63. The molecule has 0 bridgehead atoms. The molecule has 0 aromatic heterocycles. The Morgan fingerprint density at radius 2 is 1.09 bits per heavy atom. The molecule has 3 aliphatic heterocycles. The second-order valence-corrected chi connectivity index (χ2v) is 8.43. The summed E-state index contributed by atoms with van der Waals surface area (Å²) < 4.78 is 26.6. The molecule has 3 rings (SSSR count). The molecule has 11 N–H and O–H groups in total. The average Bonchev–Trinajstić information content (AvgIpc) is 3.24. The zero-order valence-corrected chi connectivity index (χ0v) is 17.8. The van der Waals surface area contributed by atoms with Crippen molar-refractivity contribution in [3.05, 3.63) is 0 Å². The average molecular weight is 504 g/mol. The van der Waals surface area contributed by atoms with Gasteiger partial charge in [0.1, 0.15) is 74.3 Å².